The van der Waals surface area contributed by atoms with Crippen molar-refractivity contribution in [2.24, 2.45) is 0 Å². The Kier molecular flexibility index (Phi) is 4.75. The number of nitrogens with zero attached hydrogens (tertiary/aromatic N) is 1. The smallest absolute Gasteiger partial charge is 0.254 e. The fourth-order valence-corrected chi connectivity index (χ4v) is 2.77. The Morgan fingerprint density at radius 3 is 2.68 bits per heavy atom. The monoisotopic (exact) mass is 303 g/mol. The zero-order chi connectivity index (χ0) is 15.4. The van der Waals surface area contributed by atoms with Crippen LogP contribution in [0.3, 0.4) is 0 Å². The van der Waals surface area contributed by atoms with E-state index in [1.54, 1.807) is 7.11 Å². The standard InChI is InChI=1S/C17H21NO4/c1-20-15-4-2-13(3-5-15)14-6-8-18(9-7-14)17(19)16-12-21-10-11-22-16/h2-6,16H,7-12H2,1H3/t16-/m0/s1. The molecule has 1 atom stereocenters. The Balaban J connectivity index is 1.62. The second-order valence-electron chi connectivity index (χ2n) is 5.43. The van der Waals surface area contributed by atoms with Crippen LogP contribution < -0.4 is 4.74 Å². The molecule has 1 aromatic rings. The zero-order valence-corrected chi connectivity index (χ0v) is 12.8. The number of hydrogen-bond acceptors (Lipinski definition) is 4. The Bertz CT molecular complexity index is 546. The molecule has 2 heterocycles. The van der Waals surface area contributed by atoms with Crippen molar-refractivity contribution in [2.75, 3.05) is 40.0 Å². The fourth-order valence-electron chi connectivity index (χ4n) is 2.77. The van der Waals surface area contributed by atoms with Crippen LogP contribution in [0.2, 0.25) is 0 Å². The molecule has 0 spiro atoms. The third-order valence-corrected chi connectivity index (χ3v) is 4.07. The van der Waals surface area contributed by atoms with E-state index in [0.29, 0.717) is 26.4 Å². The summed E-state index contributed by atoms with van der Waals surface area (Å²) < 4.78 is 16.0. The van der Waals surface area contributed by atoms with Gasteiger partial charge in [-0.1, -0.05) is 18.2 Å². The molecule has 5 heteroatoms. The summed E-state index contributed by atoms with van der Waals surface area (Å²) in [6, 6.07) is 8.03. The average Bonchev–Trinajstić information content (AvgIpc) is 2.62. The Labute approximate surface area is 130 Å². The van der Waals surface area contributed by atoms with E-state index < -0.39 is 6.10 Å². The van der Waals surface area contributed by atoms with E-state index in [1.807, 2.05) is 17.0 Å². The molecule has 0 unspecified atom stereocenters. The second kappa shape index (κ2) is 6.94. The molecule has 0 radical (unpaired) electrons. The second-order valence-corrected chi connectivity index (χ2v) is 5.43. The van der Waals surface area contributed by atoms with E-state index in [2.05, 4.69) is 18.2 Å². The van der Waals surface area contributed by atoms with Gasteiger partial charge in [-0.05, 0) is 29.7 Å². The van der Waals surface area contributed by atoms with Gasteiger partial charge in [0.05, 0.1) is 26.9 Å². The van der Waals surface area contributed by atoms with Gasteiger partial charge in [-0.15, -0.1) is 0 Å². The van der Waals surface area contributed by atoms with E-state index in [9.17, 15) is 4.79 Å². The lowest BCUT2D eigenvalue weighted by Crippen LogP contribution is -2.46. The van der Waals surface area contributed by atoms with Gasteiger partial charge in [-0.2, -0.15) is 0 Å². The normalized spacial score (nSPS) is 22.1. The van der Waals surface area contributed by atoms with Gasteiger partial charge >= 0.3 is 0 Å². The summed E-state index contributed by atoms with van der Waals surface area (Å²) in [5.41, 5.74) is 2.46. The lowest BCUT2D eigenvalue weighted by molar-refractivity contribution is -0.157. The lowest BCUT2D eigenvalue weighted by Gasteiger charge is -2.31. The maximum atomic E-state index is 12.4. The maximum Gasteiger partial charge on any atom is 0.254 e. The summed E-state index contributed by atoms with van der Waals surface area (Å²) in [5, 5.41) is 0. The predicted octanol–water partition coefficient (Wildman–Crippen LogP) is 1.73. The molecular formula is C17H21NO4. The molecule has 0 N–H and O–H groups in total. The minimum atomic E-state index is -0.440. The number of benzene rings is 1. The van der Waals surface area contributed by atoms with Crippen LogP contribution in [0.25, 0.3) is 5.57 Å². The molecule has 5 nitrogen and oxygen atoms in total. The molecule has 2 aliphatic heterocycles. The Hall–Kier alpha value is -1.85. The third kappa shape index (κ3) is 3.31. The van der Waals surface area contributed by atoms with Gasteiger partial charge in [0, 0.05) is 13.1 Å². The minimum absolute atomic E-state index is 0.0322. The molecule has 0 aliphatic carbocycles. The molecule has 22 heavy (non-hydrogen) atoms. The van der Waals surface area contributed by atoms with Crippen molar-refractivity contribution in [3.8, 4) is 5.75 Å². The number of ether oxygens (including phenoxy) is 3. The fraction of sp³-hybridized carbons (Fsp3) is 0.471. The van der Waals surface area contributed by atoms with Gasteiger partial charge in [0.1, 0.15) is 5.75 Å². The Morgan fingerprint density at radius 2 is 2.09 bits per heavy atom. The first-order chi connectivity index (χ1) is 10.8. The highest BCUT2D eigenvalue weighted by Crippen LogP contribution is 2.24. The predicted molar refractivity (Wildman–Crippen MR) is 82.7 cm³/mol. The highest BCUT2D eigenvalue weighted by molar-refractivity contribution is 5.82. The van der Waals surface area contributed by atoms with Gasteiger partial charge in [0.25, 0.3) is 5.91 Å². The molecule has 3 rings (SSSR count). The Morgan fingerprint density at radius 1 is 1.27 bits per heavy atom. The molecule has 1 saturated heterocycles. The van der Waals surface area contributed by atoms with Crippen molar-refractivity contribution in [1.82, 2.24) is 4.90 Å². The van der Waals surface area contributed by atoms with Gasteiger partial charge in [-0.25, -0.2) is 0 Å². The summed E-state index contributed by atoms with van der Waals surface area (Å²) in [6.45, 7) is 2.78. The topological polar surface area (TPSA) is 48.0 Å². The molecule has 1 aromatic carbocycles. The number of methoxy groups -OCH3 is 1. The van der Waals surface area contributed by atoms with Crippen molar-refractivity contribution in [3.63, 3.8) is 0 Å². The van der Waals surface area contributed by atoms with E-state index in [1.165, 1.54) is 11.1 Å². The quantitative estimate of drug-likeness (QED) is 0.853. The maximum absolute atomic E-state index is 12.4. The van der Waals surface area contributed by atoms with Crippen LogP contribution in [-0.4, -0.2) is 56.9 Å². The molecule has 0 saturated carbocycles. The first-order valence-electron chi connectivity index (χ1n) is 7.59. The van der Waals surface area contributed by atoms with E-state index in [-0.39, 0.29) is 5.91 Å². The lowest BCUT2D eigenvalue weighted by atomic mass is 9.99. The molecule has 2 aliphatic rings. The van der Waals surface area contributed by atoms with Gasteiger partial charge in [0.15, 0.2) is 6.10 Å². The number of carbonyl (C=O) groups is 1. The van der Waals surface area contributed by atoms with Crippen molar-refractivity contribution in [2.45, 2.75) is 12.5 Å². The van der Waals surface area contributed by atoms with Gasteiger partial charge in [-0.3, -0.25) is 4.79 Å². The van der Waals surface area contributed by atoms with Crippen molar-refractivity contribution >= 4 is 11.5 Å². The van der Waals surface area contributed by atoms with Crippen LogP contribution >= 0.6 is 0 Å². The van der Waals surface area contributed by atoms with E-state index >= 15 is 0 Å². The highest BCUT2D eigenvalue weighted by Gasteiger charge is 2.28. The molecule has 118 valence electrons. The minimum Gasteiger partial charge on any atom is -0.497 e. The first-order valence-corrected chi connectivity index (χ1v) is 7.59. The van der Waals surface area contributed by atoms with Crippen LogP contribution in [0.15, 0.2) is 30.3 Å². The van der Waals surface area contributed by atoms with Crippen LogP contribution in [0.5, 0.6) is 5.75 Å². The number of carbonyl (C=O) groups excluding carboxylic acids is 1. The highest BCUT2D eigenvalue weighted by atomic mass is 16.6. The largest absolute Gasteiger partial charge is 0.497 e. The summed E-state index contributed by atoms with van der Waals surface area (Å²) in [4.78, 5) is 14.2. The SMILES string of the molecule is COc1ccc(C2=CCN(C(=O)[C@@H]3COCCO3)CC2)cc1. The number of amides is 1. The van der Waals surface area contributed by atoms with Crippen LogP contribution in [-0.2, 0) is 14.3 Å². The summed E-state index contributed by atoms with van der Waals surface area (Å²) >= 11 is 0. The molecule has 1 fully saturated rings. The molecule has 0 bridgehead atoms. The summed E-state index contributed by atoms with van der Waals surface area (Å²) in [5.74, 6) is 0.885. The van der Waals surface area contributed by atoms with Crippen LogP contribution in [0.1, 0.15) is 12.0 Å². The van der Waals surface area contributed by atoms with E-state index in [4.69, 9.17) is 14.2 Å². The number of rotatable bonds is 3. The van der Waals surface area contributed by atoms with Crippen molar-refractivity contribution in [3.05, 3.63) is 35.9 Å². The average molecular weight is 303 g/mol. The van der Waals surface area contributed by atoms with Crippen molar-refractivity contribution < 1.29 is 19.0 Å². The summed E-state index contributed by atoms with van der Waals surface area (Å²) in [6.07, 6.45) is 2.53. The van der Waals surface area contributed by atoms with Gasteiger partial charge < -0.3 is 19.1 Å². The van der Waals surface area contributed by atoms with Crippen molar-refractivity contribution in [1.29, 1.82) is 0 Å². The first kappa shape index (κ1) is 15.1. The number of hydrogen-bond donors (Lipinski definition) is 0. The zero-order valence-electron chi connectivity index (χ0n) is 12.8. The molecular weight excluding hydrogens is 282 g/mol. The van der Waals surface area contributed by atoms with Crippen LogP contribution in [0.4, 0.5) is 0 Å². The molecule has 1 amide bonds. The van der Waals surface area contributed by atoms with Crippen LogP contribution in [0, 0.1) is 0 Å². The summed E-state index contributed by atoms with van der Waals surface area (Å²) in [7, 11) is 1.66. The van der Waals surface area contributed by atoms with Gasteiger partial charge in [0.2, 0.25) is 0 Å². The third-order valence-electron chi connectivity index (χ3n) is 4.07. The molecule has 0 aromatic heterocycles. The van der Waals surface area contributed by atoms with E-state index in [0.717, 1.165) is 18.7 Å².